The second-order valence-corrected chi connectivity index (χ2v) is 7.07. The van der Waals surface area contributed by atoms with Crippen molar-refractivity contribution in [1.82, 2.24) is 19.1 Å². The third-order valence-electron chi connectivity index (χ3n) is 3.61. The van der Waals surface area contributed by atoms with Crippen LogP contribution in [0.15, 0.2) is 23.4 Å². The topological polar surface area (TPSA) is 105 Å². The van der Waals surface area contributed by atoms with E-state index in [1.54, 1.807) is 4.68 Å². The van der Waals surface area contributed by atoms with Crippen molar-refractivity contribution in [3.8, 4) is 0 Å². The minimum absolute atomic E-state index is 0.0435. The molecule has 0 aliphatic carbocycles. The van der Waals surface area contributed by atoms with Crippen LogP contribution in [0.2, 0.25) is 0 Å². The van der Waals surface area contributed by atoms with E-state index in [0.29, 0.717) is 17.9 Å². The van der Waals surface area contributed by atoms with Gasteiger partial charge in [0.05, 0.1) is 18.7 Å². The van der Waals surface area contributed by atoms with Crippen molar-refractivity contribution in [2.45, 2.75) is 24.9 Å². The smallest absolute Gasteiger partial charge is 0.338 e. The molecule has 1 aliphatic heterocycles. The van der Waals surface area contributed by atoms with E-state index < -0.39 is 32.3 Å². The van der Waals surface area contributed by atoms with Crippen LogP contribution in [-0.2, 0) is 23.1 Å². The van der Waals surface area contributed by atoms with Crippen LogP contribution in [0, 0.1) is 12.7 Å². The molecule has 0 radical (unpaired) electrons. The molecule has 0 saturated heterocycles. The first-order valence-corrected chi connectivity index (χ1v) is 8.15. The van der Waals surface area contributed by atoms with Crippen LogP contribution in [0.4, 0.5) is 4.39 Å². The summed E-state index contributed by atoms with van der Waals surface area (Å²) in [5, 5.41) is 13.0. The fourth-order valence-electron chi connectivity index (χ4n) is 2.46. The van der Waals surface area contributed by atoms with Crippen LogP contribution in [0.25, 0.3) is 0 Å². The third-order valence-corrected chi connectivity index (χ3v) is 5.45. The highest BCUT2D eigenvalue weighted by atomic mass is 32.2. The Labute approximate surface area is 131 Å². The van der Waals surface area contributed by atoms with Crippen molar-refractivity contribution in [2.24, 2.45) is 0 Å². The predicted molar refractivity (Wildman–Crippen MR) is 75.7 cm³/mol. The summed E-state index contributed by atoms with van der Waals surface area (Å²) in [6, 6.07) is 2.24. The average Bonchev–Trinajstić information content (AvgIpc) is 2.96. The number of aromatic nitrogens is 3. The minimum atomic E-state index is -4.18. The molecular formula is C13H13FN4O4S. The van der Waals surface area contributed by atoms with E-state index in [9.17, 15) is 17.6 Å². The van der Waals surface area contributed by atoms with Gasteiger partial charge >= 0.3 is 5.97 Å². The molecule has 1 aromatic carbocycles. The van der Waals surface area contributed by atoms with E-state index in [1.165, 1.54) is 13.3 Å². The molecule has 3 rings (SSSR count). The van der Waals surface area contributed by atoms with Gasteiger partial charge in [-0.15, -0.1) is 0 Å². The van der Waals surface area contributed by atoms with Crippen molar-refractivity contribution in [1.29, 1.82) is 0 Å². The molecule has 0 fully saturated rings. The molecule has 23 heavy (non-hydrogen) atoms. The van der Waals surface area contributed by atoms with Crippen LogP contribution < -0.4 is 0 Å². The molecule has 1 aromatic heterocycles. The van der Waals surface area contributed by atoms with E-state index in [4.69, 9.17) is 5.11 Å². The van der Waals surface area contributed by atoms with Crippen LogP contribution in [0.3, 0.4) is 0 Å². The predicted octanol–water partition coefficient (Wildman–Crippen LogP) is 0.628. The maximum atomic E-state index is 14.4. The molecule has 0 amide bonds. The molecule has 0 unspecified atom stereocenters. The molecule has 2 aromatic rings. The number of hydrogen-bond donors (Lipinski definition) is 1. The Morgan fingerprint density at radius 1 is 1.35 bits per heavy atom. The summed E-state index contributed by atoms with van der Waals surface area (Å²) in [5.74, 6) is -2.32. The molecular weight excluding hydrogens is 327 g/mol. The Hall–Kier alpha value is -2.33. The molecule has 122 valence electrons. The number of carboxylic acids is 1. The normalized spacial score (nSPS) is 15.4. The van der Waals surface area contributed by atoms with Gasteiger partial charge in [-0.2, -0.15) is 9.40 Å². The second-order valence-electron chi connectivity index (χ2n) is 5.17. The first kappa shape index (κ1) is 15.6. The van der Waals surface area contributed by atoms with Gasteiger partial charge in [0.25, 0.3) is 0 Å². The zero-order valence-corrected chi connectivity index (χ0v) is 12.9. The van der Waals surface area contributed by atoms with Gasteiger partial charge in [0.2, 0.25) is 10.0 Å². The monoisotopic (exact) mass is 340 g/mol. The number of carboxylic acid groups (broad SMARTS) is 1. The van der Waals surface area contributed by atoms with E-state index >= 15 is 0 Å². The number of hydrogen-bond acceptors (Lipinski definition) is 5. The SMILES string of the molecule is Cc1cc(C(=O)O)c(F)c(S(=O)(=O)N2CCn3ncnc3C2)c1. The van der Waals surface area contributed by atoms with Crippen molar-refractivity contribution in [3.63, 3.8) is 0 Å². The lowest BCUT2D eigenvalue weighted by Crippen LogP contribution is -2.39. The molecule has 2 heterocycles. The molecule has 0 saturated carbocycles. The minimum Gasteiger partial charge on any atom is -0.478 e. The number of aryl methyl sites for hydroxylation is 1. The summed E-state index contributed by atoms with van der Waals surface area (Å²) in [6.45, 7) is 1.87. The van der Waals surface area contributed by atoms with Gasteiger partial charge in [0.1, 0.15) is 17.0 Å². The van der Waals surface area contributed by atoms with Crippen LogP contribution in [0.1, 0.15) is 21.7 Å². The fourth-order valence-corrected chi connectivity index (χ4v) is 4.02. The van der Waals surface area contributed by atoms with Gasteiger partial charge in [-0.25, -0.2) is 27.3 Å². The summed E-state index contributed by atoms with van der Waals surface area (Å²) in [6.07, 6.45) is 1.32. The van der Waals surface area contributed by atoms with Gasteiger partial charge in [0, 0.05) is 6.54 Å². The highest BCUT2D eigenvalue weighted by molar-refractivity contribution is 7.89. The average molecular weight is 340 g/mol. The maximum absolute atomic E-state index is 14.4. The first-order chi connectivity index (χ1) is 10.8. The lowest BCUT2D eigenvalue weighted by molar-refractivity contribution is 0.0691. The highest BCUT2D eigenvalue weighted by Crippen LogP contribution is 2.26. The highest BCUT2D eigenvalue weighted by Gasteiger charge is 2.33. The van der Waals surface area contributed by atoms with Gasteiger partial charge in [-0.1, -0.05) is 0 Å². The number of nitrogens with zero attached hydrogens (tertiary/aromatic N) is 4. The second kappa shape index (κ2) is 5.39. The Kier molecular flexibility index (Phi) is 3.65. The molecule has 1 aliphatic rings. The number of benzene rings is 1. The largest absolute Gasteiger partial charge is 0.478 e. The standard InChI is InChI=1S/C13H13FN4O4S/c1-8-4-9(13(19)20)12(14)10(5-8)23(21,22)17-2-3-18-11(6-17)15-7-16-18/h4-5,7H,2-3,6H2,1H3,(H,19,20). The van der Waals surface area contributed by atoms with Crippen molar-refractivity contribution < 1.29 is 22.7 Å². The van der Waals surface area contributed by atoms with Crippen LogP contribution in [0.5, 0.6) is 0 Å². The summed E-state index contributed by atoms with van der Waals surface area (Å²) >= 11 is 0. The molecule has 0 bridgehead atoms. The third kappa shape index (κ3) is 2.59. The summed E-state index contributed by atoms with van der Waals surface area (Å²) < 4.78 is 42.4. The summed E-state index contributed by atoms with van der Waals surface area (Å²) in [7, 11) is -4.18. The van der Waals surface area contributed by atoms with E-state index in [2.05, 4.69) is 10.1 Å². The zero-order chi connectivity index (χ0) is 16.8. The summed E-state index contributed by atoms with van der Waals surface area (Å²) in [5.41, 5.74) is -0.314. The Balaban J connectivity index is 2.06. The molecule has 10 heteroatoms. The number of rotatable bonds is 3. The van der Waals surface area contributed by atoms with Gasteiger partial charge in [-0.05, 0) is 24.6 Å². The Bertz CT molecular complexity index is 893. The van der Waals surface area contributed by atoms with Gasteiger partial charge < -0.3 is 5.11 Å². The molecule has 8 nitrogen and oxygen atoms in total. The van der Waals surface area contributed by atoms with E-state index in [0.717, 1.165) is 16.4 Å². The van der Waals surface area contributed by atoms with Crippen molar-refractivity contribution >= 4 is 16.0 Å². The number of aromatic carboxylic acids is 1. The van der Waals surface area contributed by atoms with Crippen LogP contribution in [-0.4, -0.2) is 45.1 Å². The first-order valence-electron chi connectivity index (χ1n) is 6.71. The number of carbonyl (C=O) groups is 1. The molecule has 0 spiro atoms. The Morgan fingerprint density at radius 3 is 2.78 bits per heavy atom. The lowest BCUT2D eigenvalue weighted by Gasteiger charge is -2.26. The zero-order valence-electron chi connectivity index (χ0n) is 12.1. The molecule has 0 atom stereocenters. The Morgan fingerprint density at radius 2 is 2.09 bits per heavy atom. The number of sulfonamides is 1. The van der Waals surface area contributed by atoms with Crippen molar-refractivity contribution in [3.05, 3.63) is 41.2 Å². The van der Waals surface area contributed by atoms with Gasteiger partial charge in [-0.3, -0.25) is 0 Å². The van der Waals surface area contributed by atoms with E-state index in [-0.39, 0.29) is 13.1 Å². The van der Waals surface area contributed by atoms with Crippen molar-refractivity contribution in [2.75, 3.05) is 6.54 Å². The summed E-state index contributed by atoms with van der Waals surface area (Å²) in [4.78, 5) is 14.4. The lowest BCUT2D eigenvalue weighted by atomic mass is 10.1. The van der Waals surface area contributed by atoms with Crippen LogP contribution >= 0.6 is 0 Å². The number of halogens is 1. The van der Waals surface area contributed by atoms with E-state index in [1.807, 2.05) is 0 Å². The quantitative estimate of drug-likeness (QED) is 0.878. The molecule has 1 N–H and O–H groups in total. The number of fused-ring (bicyclic) bond motifs is 1. The van der Waals surface area contributed by atoms with Gasteiger partial charge in [0.15, 0.2) is 5.82 Å². The maximum Gasteiger partial charge on any atom is 0.338 e. The fraction of sp³-hybridized carbons (Fsp3) is 0.308.